The number of nitrogens with zero attached hydrogens (tertiary/aromatic N) is 2. The van der Waals surface area contributed by atoms with E-state index in [1.165, 1.54) is 11.3 Å². The van der Waals surface area contributed by atoms with E-state index in [9.17, 15) is 14.4 Å². The van der Waals surface area contributed by atoms with Gasteiger partial charge in [0, 0.05) is 17.5 Å². The van der Waals surface area contributed by atoms with Crippen LogP contribution in [0.4, 0.5) is 5.69 Å². The third kappa shape index (κ3) is 5.51. The molecule has 0 saturated heterocycles. The molecular formula is C26H25N3O5S. The van der Waals surface area contributed by atoms with Crippen LogP contribution in [0.1, 0.15) is 44.3 Å². The summed E-state index contributed by atoms with van der Waals surface area (Å²) in [7, 11) is 0. The molecule has 8 nitrogen and oxygen atoms in total. The van der Waals surface area contributed by atoms with Crippen molar-refractivity contribution in [1.82, 2.24) is 10.3 Å². The van der Waals surface area contributed by atoms with E-state index in [2.05, 4.69) is 10.3 Å². The van der Waals surface area contributed by atoms with Crippen LogP contribution >= 0.6 is 11.3 Å². The lowest BCUT2D eigenvalue weighted by molar-refractivity contribution is -0.121. The van der Waals surface area contributed by atoms with Crippen LogP contribution in [0.25, 0.3) is 0 Å². The zero-order chi connectivity index (χ0) is 24.4. The van der Waals surface area contributed by atoms with Gasteiger partial charge in [-0.3, -0.25) is 19.3 Å². The molecule has 0 atom stereocenters. The number of thiazole rings is 1. The summed E-state index contributed by atoms with van der Waals surface area (Å²) in [6.45, 7) is 2.59. The first kappa shape index (κ1) is 23.0. The van der Waals surface area contributed by atoms with E-state index in [1.54, 1.807) is 34.5 Å². The van der Waals surface area contributed by atoms with Crippen molar-refractivity contribution in [2.45, 2.75) is 26.3 Å². The van der Waals surface area contributed by atoms with Gasteiger partial charge in [-0.25, -0.2) is 4.98 Å². The van der Waals surface area contributed by atoms with Crippen molar-refractivity contribution in [3.8, 4) is 11.5 Å². The number of carbonyl (C=O) groups excluding carboxylic acids is 3. The number of aryl methyl sites for hydroxylation is 1. The summed E-state index contributed by atoms with van der Waals surface area (Å²) < 4.78 is 11.2. The molecule has 1 fully saturated rings. The molecule has 1 aliphatic heterocycles. The van der Waals surface area contributed by atoms with Gasteiger partial charge in [0.15, 0.2) is 19.0 Å². The Morgan fingerprint density at radius 3 is 2.89 bits per heavy atom. The summed E-state index contributed by atoms with van der Waals surface area (Å²) >= 11 is 1.32. The Kier molecular flexibility index (Phi) is 6.50. The predicted molar refractivity (Wildman–Crippen MR) is 131 cm³/mol. The standard InChI is InChI=1S/C26H25N3O5S/c1-16-3-2-4-19(9-16)33-13-22(30)18-7-8-23-21(10-18)29(25(31)14-34-23)12-24-28-20(15-35-24)26(32)27-11-17-5-6-17/h2-4,7-10,15,17H,5-6,11-14H2,1H3,(H,27,32). The number of rotatable bonds is 9. The highest BCUT2D eigenvalue weighted by Crippen LogP contribution is 2.34. The molecule has 1 aliphatic carbocycles. The van der Waals surface area contributed by atoms with Gasteiger partial charge in [0.2, 0.25) is 0 Å². The number of fused-ring (bicyclic) bond motifs is 1. The number of hydrogen-bond acceptors (Lipinski definition) is 7. The van der Waals surface area contributed by atoms with Crippen LogP contribution in [0.3, 0.4) is 0 Å². The summed E-state index contributed by atoms with van der Waals surface area (Å²) in [6.07, 6.45) is 2.31. The first-order chi connectivity index (χ1) is 17.0. The maximum atomic E-state index is 12.8. The molecule has 35 heavy (non-hydrogen) atoms. The monoisotopic (exact) mass is 491 g/mol. The smallest absolute Gasteiger partial charge is 0.270 e. The van der Waals surface area contributed by atoms with Gasteiger partial charge in [0.05, 0.1) is 12.2 Å². The molecule has 0 unspecified atom stereocenters. The number of Topliss-reactive ketones (excluding diaryl/α,β-unsaturated/α-hetero) is 1. The zero-order valence-corrected chi connectivity index (χ0v) is 20.1. The maximum Gasteiger partial charge on any atom is 0.270 e. The Bertz CT molecular complexity index is 1280. The van der Waals surface area contributed by atoms with E-state index in [1.807, 2.05) is 25.1 Å². The molecule has 9 heteroatoms. The minimum atomic E-state index is -0.243. The van der Waals surface area contributed by atoms with Crippen LogP contribution in [0.2, 0.25) is 0 Å². The molecule has 0 radical (unpaired) electrons. The van der Waals surface area contributed by atoms with E-state index in [0.717, 1.165) is 18.4 Å². The average molecular weight is 492 g/mol. The fourth-order valence-corrected chi connectivity index (χ4v) is 4.52. The highest BCUT2D eigenvalue weighted by atomic mass is 32.1. The van der Waals surface area contributed by atoms with Gasteiger partial charge in [-0.1, -0.05) is 12.1 Å². The van der Waals surface area contributed by atoms with Gasteiger partial charge in [0.25, 0.3) is 11.8 Å². The molecule has 0 bridgehead atoms. The molecule has 180 valence electrons. The van der Waals surface area contributed by atoms with Gasteiger partial charge < -0.3 is 14.8 Å². The van der Waals surface area contributed by atoms with E-state index in [0.29, 0.717) is 45.9 Å². The van der Waals surface area contributed by atoms with Gasteiger partial charge in [-0.15, -0.1) is 11.3 Å². The SMILES string of the molecule is Cc1cccc(OCC(=O)c2ccc3c(c2)N(Cc2nc(C(=O)NCC4CC4)cs2)C(=O)CO3)c1. The summed E-state index contributed by atoms with van der Waals surface area (Å²) in [6, 6.07) is 12.5. The lowest BCUT2D eigenvalue weighted by Crippen LogP contribution is -2.38. The lowest BCUT2D eigenvalue weighted by Gasteiger charge is -2.29. The second-order valence-electron chi connectivity index (χ2n) is 8.76. The number of carbonyl (C=O) groups is 3. The van der Waals surface area contributed by atoms with E-state index < -0.39 is 0 Å². The number of benzene rings is 2. The minimum absolute atomic E-state index is 0.100. The zero-order valence-electron chi connectivity index (χ0n) is 19.3. The van der Waals surface area contributed by atoms with Crippen molar-refractivity contribution in [2.24, 2.45) is 5.92 Å². The molecule has 2 heterocycles. The molecule has 5 rings (SSSR count). The van der Waals surface area contributed by atoms with Gasteiger partial charge in [-0.2, -0.15) is 0 Å². The second kappa shape index (κ2) is 9.87. The van der Waals surface area contributed by atoms with Crippen LogP contribution in [-0.2, 0) is 11.3 Å². The van der Waals surface area contributed by atoms with E-state index >= 15 is 0 Å². The topological polar surface area (TPSA) is 97.8 Å². The second-order valence-corrected chi connectivity index (χ2v) is 9.70. The van der Waals surface area contributed by atoms with Crippen LogP contribution in [0.15, 0.2) is 47.8 Å². The third-order valence-corrected chi connectivity index (χ3v) is 6.74. The normalized spacial score (nSPS) is 14.8. The van der Waals surface area contributed by atoms with Crippen LogP contribution in [0, 0.1) is 12.8 Å². The van der Waals surface area contributed by atoms with Crippen LogP contribution in [-0.4, -0.2) is 42.3 Å². The van der Waals surface area contributed by atoms with Crippen molar-refractivity contribution in [1.29, 1.82) is 0 Å². The fraction of sp³-hybridized carbons (Fsp3) is 0.308. The van der Waals surface area contributed by atoms with E-state index in [4.69, 9.17) is 9.47 Å². The Morgan fingerprint density at radius 1 is 1.23 bits per heavy atom. The molecule has 1 N–H and O–H groups in total. The molecule has 2 amide bonds. The summed E-state index contributed by atoms with van der Waals surface area (Å²) in [4.78, 5) is 43.8. The Morgan fingerprint density at radius 2 is 2.09 bits per heavy atom. The number of aromatic nitrogens is 1. The summed E-state index contributed by atoms with van der Waals surface area (Å²) in [5.41, 5.74) is 2.31. The number of ketones is 1. The lowest BCUT2D eigenvalue weighted by atomic mass is 10.1. The number of nitrogens with one attached hydrogen (secondary N) is 1. The third-order valence-electron chi connectivity index (χ3n) is 5.91. The molecular weight excluding hydrogens is 466 g/mol. The highest BCUT2D eigenvalue weighted by Gasteiger charge is 2.28. The van der Waals surface area contributed by atoms with Gasteiger partial charge >= 0.3 is 0 Å². The Hall–Kier alpha value is -3.72. The Balaban J connectivity index is 1.29. The Labute approximate surface area is 206 Å². The van der Waals surface area contributed by atoms with Crippen LogP contribution in [0.5, 0.6) is 11.5 Å². The fourth-order valence-electron chi connectivity index (χ4n) is 3.76. The van der Waals surface area contributed by atoms with Gasteiger partial charge in [0.1, 0.15) is 22.2 Å². The largest absolute Gasteiger partial charge is 0.485 e. The molecule has 1 aromatic heterocycles. The van der Waals surface area contributed by atoms with Crippen molar-refractivity contribution >= 4 is 34.6 Å². The molecule has 1 saturated carbocycles. The molecule has 3 aromatic rings. The predicted octanol–water partition coefficient (Wildman–Crippen LogP) is 3.78. The quantitative estimate of drug-likeness (QED) is 0.458. The van der Waals surface area contributed by atoms with Crippen molar-refractivity contribution in [2.75, 3.05) is 24.7 Å². The van der Waals surface area contributed by atoms with Crippen molar-refractivity contribution in [3.05, 3.63) is 69.7 Å². The number of amides is 2. The van der Waals surface area contributed by atoms with E-state index in [-0.39, 0.29) is 37.4 Å². The molecule has 2 aromatic carbocycles. The summed E-state index contributed by atoms with van der Waals surface area (Å²) in [5.74, 6) is 1.06. The number of anilines is 1. The van der Waals surface area contributed by atoms with Crippen molar-refractivity contribution < 1.29 is 23.9 Å². The van der Waals surface area contributed by atoms with Crippen molar-refractivity contribution in [3.63, 3.8) is 0 Å². The average Bonchev–Trinajstić information content (AvgIpc) is 3.58. The minimum Gasteiger partial charge on any atom is -0.485 e. The first-order valence-corrected chi connectivity index (χ1v) is 12.4. The highest BCUT2D eigenvalue weighted by molar-refractivity contribution is 7.09. The molecule has 2 aliphatic rings. The summed E-state index contributed by atoms with van der Waals surface area (Å²) in [5, 5.41) is 5.23. The number of hydrogen-bond donors (Lipinski definition) is 1. The maximum absolute atomic E-state index is 12.8. The molecule has 0 spiro atoms. The van der Waals surface area contributed by atoms with Gasteiger partial charge in [-0.05, 0) is 61.6 Å². The first-order valence-electron chi connectivity index (χ1n) is 11.5. The van der Waals surface area contributed by atoms with Crippen LogP contribution < -0.4 is 19.7 Å². The number of ether oxygens (including phenoxy) is 2.